The Morgan fingerprint density at radius 2 is 1.73 bits per heavy atom. The maximum atomic E-state index is 12.6. The van der Waals surface area contributed by atoms with Crippen molar-refractivity contribution in [3.63, 3.8) is 0 Å². The van der Waals surface area contributed by atoms with E-state index in [0.29, 0.717) is 0 Å². The van der Waals surface area contributed by atoms with Crippen LogP contribution < -0.4 is 0 Å². The van der Waals surface area contributed by atoms with E-state index >= 15 is 0 Å². The monoisotopic (exact) mass is 214 g/mol. The van der Waals surface area contributed by atoms with Gasteiger partial charge in [-0.25, -0.2) is 0 Å². The molecule has 1 nitrogen and oxygen atoms in total. The summed E-state index contributed by atoms with van der Waals surface area (Å²) < 4.78 is 37.9. The molecule has 0 radical (unpaired) electrons. The molecule has 1 N–H and O–H groups in total. The van der Waals surface area contributed by atoms with E-state index in [9.17, 15) is 18.3 Å². The summed E-state index contributed by atoms with van der Waals surface area (Å²) in [7, 11) is 0. The van der Waals surface area contributed by atoms with Crippen LogP contribution in [0.15, 0.2) is 30.3 Å². The highest BCUT2D eigenvalue weighted by Gasteiger charge is 2.54. The highest BCUT2D eigenvalue weighted by atomic mass is 19.4. The van der Waals surface area contributed by atoms with Crippen molar-refractivity contribution in [3.8, 4) is 12.3 Å². The van der Waals surface area contributed by atoms with Gasteiger partial charge in [-0.2, -0.15) is 13.2 Å². The molecule has 0 saturated carbocycles. The maximum Gasteiger partial charge on any atom is 0.422 e. The van der Waals surface area contributed by atoms with E-state index in [1.54, 1.807) is 6.07 Å². The fourth-order valence-electron chi connectivity index (χ4n) is 1.23. The van der Waals surface area contributed by atoms with Gasteiger partial charge in [-0.05, 0) is 5.56 Å². The third-order valence-electron chi connectivity index (χ3n) is 2.08. The minimum Gasteiger partial charge on any atom is -0.376 e. The van der Waals surface area contributed by atoms with Gasteiger partial charge >= 0.3 is 6.18 Å². The lowest BCUT2D eigenvalue weighted by Gasteiger charge is -2.29. The smallest absolute Gasteiger partial charge is 0.376 e. The van der Waals surface area contributed by atoms with Crippen LogP contribution in [0.5, 0.6) is 0 Å². The number of terminal acetylenes is 1. The summed E-state index contributed by atoms with van der Waals surface area (Å²) in [6.07, 6.45) is -0.730. The van der Waals surface area contributed by atoms with E-state index in [0.717, 1.165) is 0 Å². The third-order valence-corrected chi connectivity index (χ3v) is 2.08. The summed E-state index contributed by atoms with van der Waals surface area (Å²) in [5, 5.41) is 9.55. The molecule has 0 heterocycles. The zero-order valence-corrected chi connectivity index (χ0v) is 7.75. The Morgan fingerprint density at radius 1 is 1.20 bits per heavy atom. The highest BCUT2D eigenvalue weighted by molar-refractivity contribution is 5.25. The lowest BCUT2D eigenvalue weighted by atomic mass is 9.90. The van der Waals surface area contributed by atoms with E-state index in [1.165, 1.54) is 24.3 Å². The first-order valence-corrected chi connectivity index (χ1v) is 4.20. The quantitative estimate of drug-likeness (QED) is 0.750. The van der Waals surface area contributed by atoms with Gasteiger partial charge in [0.05, 0.1) is 6.42 Å². The normalized spacial score (nSPS) is 15.4. The predicted octanol–water partition coefficient (Wildman–Crippen LogP) is 2.46. The molecule has 1 unspecified atom stereocenters. The Hall–Kier alpha value is -1.47. The van der Waals surface area contributed by atoms with Crippen molar-refractivity contribution in [1.29, 1.82) is 0 Å². The Kier molecular flexibility index (Phi) is 3.06. The molecule has 0 bridgehead atoms. The van der Waals surface area contributed by atoms with Gasteiger partial charge < -0.3 is 5.11 Å². The van der Waals surface area contributed by atoms with Crippen LogP contribution >= 0.6 is 0 Å². The fourth-order valence-corrected chi connectivity index (χ4v) is 1.23. The Morgan fingerprint density at radius 3 is 2.13 bits per heavy atom. The Labute approximate surface area is 85.5 Å². The summed E-state index contributed by atoms with van der Waals surface area (Å²) in [4.78, 5) is 0. The standard InChI is InChI=1S/C11H9F3O/c1-2-8-10(15,11(12,13)14)9-6-4-3-5-7-9/h1,3-7,15H,8H2. The van der Waals surface area contributed by atoms with Crippen molar-refractivity contribution in [1.82, 2.24) is 0 Å². The van der Waals surface area contributed by atoms with Gasteiger partial charge in [0.2, 0.25) is 0 Å². The molecule has 15 heavy (non-hydrogen) atoms. The van der Waals surface area contributed by atoms with Gasteiger partial charge in [0.25, 0.3) is 0 Å². The molecular formula is C11H9F3O. The second-order valence-electron chi connectivity index (χ2n) is 3.10. The molecule has 0 aliphatic rings. The van der Waals surface area contributed by atoms with Crippen molar-refractivity contribution in [2.75, 3.05) is 0 Å². The van der Waals surface area contributed by atoms with E-state index < -0.39 is 18.2 Å². The molecule has 0 fully saturated rings. The second kappa shape index (κ2) is 3.95. The van der Waals surface area contributed by atoms with Crippen LogP contribution in [0.3, 0.4) is 0 Å². The first kappa shape index (κ1) is 11.6. The van der Waals surface area contributed by atoms with E-state index in [4.69, 9.17) is 6.42 Å². The highest BCUT2D eigenvalue weighted by Crippen LogP contribution is 2.41. The van der Waals surface area contributed by atoms with E-state index in [-0.39, 0.29) is 5.56 Å². The van der Waals surface area contributed by atoms with Gasteiger partial charge in [-0.1, -0.05) is 30.3 Å². The SMILES string of the molecule is C#CCC(O)(c1ccccc1)C(F)(F)F. The zero-order chi connectivity index (χ0) is 11.5. The van der Waals surface area contributed by atoms with Crippen LogP contribution in [-0.2, 0) is 5.60 Å². The number of halogens is 3. The van der Waals surface area contributed by atoms with Crippen molar-refractivity contribution in [3.05, 3.63) is 35.9 Å². The predicted molar refractivity (Wildman–Crippen MR) is 49.8 cm³/mol. The largest absolute Gasteiger partial charge is 0.422 e. The van der Waals surface area contributed by atoms with Gasteiger partial charge in [0.1, 0.15) is 0 Å². The topological polar surface area (TPSA) is 20.2 Å². The van der Waals surface area contributed by atoms with Crippen LogP contribution in [0.2, 0.25) is 0 Å². The fraction of sp³-hybridized carbons (Fsp3) is 0.273. The Balaban J connectivity index is 3.20. The molecule has 0 spiro atoms. The molecule has 0 aliphatic carbocycles. The minimum atomic E-state index is -4.78. The van der Waals surface area contributed by atoms with Gasteiger partial charge in [-0.3, -0.25) is 0 Å². The molecule has 4 heteroatoms. The molecule has 0 amide bonds. The number of rotatable bonds is 2. The summed E-state index contributed by atoms with van der Waals surface area (Å²) >= 11 is 0. The molecule has 1 aromatic carbocycles. The molecule has 0 aliphatic heterocycles. The summed E-state index contributed by atoms with van der Waals surface area (Å²) in [6, 6.07) is 6.80. The first-order chi connectivity index (χ1) is 6.92. The zero-order valence-electron chi connectivity index (χ0n) is 7.75. The number of benzene rings is 1. The van der Waals surface area contributed by atoms with Crippen LogP contribution in [-0.4, -0.2) is 11.3 Å². The molecular weight excluding hydrogens is 205 g/mol. The Bertz CT molecular complexity index is 364. The molecule has 0 saturated heterocycles. The number of hydrogen-bond acceptors (Lipinski definition) is 1. The van der Waals surface area contributed by atoms with Crippen LogP contribution in [0.1, 0.15) is 12.0 Å². The average Bonchev–Trinajstić information content (AvgIpc) is 2.18. The summed E-state index contributed by atoms with van der Waals surface area (Å²) in [6.45, 7) is 0. The van der Waals surface area contributed by atoms with Crippen molar-refractivity contribution < 1.29 is 18.3 Å². The molecule has 1 rings (SSSR count). The van der Waals surface area contributed by atoms with E-state index in [1.807, 2.05) is 5.92 Å². The number of aliphatic hydroxyl groups is 1. The lowest BCUT2D eigenvalue weighted by molar-refractivity contribution is -0.264. The van der Waals surface area contributed by atoms with Crippen molar-refractivity contribution >= 4 is 0 Å². The number of alkyl halides is 3. The lowest BCUT2D eigenvalue weighted by Crippen LogP contribution is -2.41. The van der Waals surface area contributed by atoms with Crippen molar-refractivity contribution in [2.45, 2.75) is 18.2 Å². The van der Waals surface area contributed by atoms with E-state index in [2.05, 4.69) is 0 Å². The van der Waals surface area contributed by atoms with Crippen LogP contribution in [0.25, 0.3) is 0 Å². The van der Waals surface area contributed by atoms with Gasteiger partial charge in [0.15, 0.2) is 5.60 Å². The second-order valence-corrected chi connectivity index (χ2v) is 3.10. The third kappa shape index (κ3) is 2.13. The summed E-state index contributed by atoms with van der Waals surface area (Å²) in [5.74, 6) is 1.84. The molecule has 80 valence electrons. The summed E-state index contributed by atoms with van der Waals surface area (Å²) in [5.41, 5.74) is -3.20. The first-order valence-electron chi connectivity index (χ1n) is 4.20. The van der Waals surface area contributed by atoms with Crippen LogP contribution in [0.4, 0.5) is 13.2 Å². The van der Waals surface area contributed by atoms with Crippen LogP contribution in [0, 0.1) is 12.3 Å². The minimum absolute atomic E-state index is 0.240. The maximum absolute atomic E-state index is 12.6. The number of hydrogen-bond donors (Lipinski definition) is 1. The van der Waals surface area contributed by atoms with Gasteiger partial charge in [-0.15, -0.1) is 12.3 Å². The molecule has 0 aromatic heterocycles. The molecule has 1 aromatic rings. The van der Waals surface area contributed by atoms with Crippen molar-refractivity contribution in [2.24, 2.45) is 0 Å². The van der Waals surface area contributed by atoms with Gasteiger partial charge in [0, 0.05) is 0 Å². The average molecular weight is 214 g/mol. The molecule has 1 atom stereocenters.